The molecule has 1 heterocycles. The third kappa shape index (κ3) is 3.34. The highest BCUT2D eigenvalue weighted by atomic mass is 16.5. The number of aryl methyl sites for hydroxylation is 1. The van der Waals surface area contributed by atoms with E-state index >= 15 is 0 Å². The molecule has 0 aliphatic carbocycles. The number of carbonyl (C=O) groups is 1. The number of methoxy groups -OCH3 is 1. The minimum atomic E-state index is 0.0397. The first-order chi connectivity index (χ1) is 11.2. The van der Waals surface area contributed by atoms with Gasteiger partial charge in [-0.1, -0.05) is 42.0 Å². The zero-order chi connectivity index (χ0) is 16.2. The summed E-state index contributed by atoms with van der Waals surface area (Å²) >= 11 is 0. The second-order valence-electron chi connectivity index (χ2n) is 5.57. The standard InChI is InChI=1S/C20H19NO2/c1-15-8-10-17(11-9-15)20(22)19-7-4-12-21(19)14-16-5-3-6-18(13-16)23-2/h3-13H,14H2,1-2H3. The second kappa shape index (κ2) is 6.53. The molecule has 0 saturated heterocycles. The van der Waals surface area contributed by atoms with Crippen LogP contribution < -0.4 is 4.74 Å². The van der Waals surface area contributed by atoms with Gasteiger partial charge in [0, 0.05) is 18.3 Å². The Balaban J connectivity index is 1.87. The first kappa shape index (κ1) is 15.1. The van der Waals surface area contributed by atoms with E-state index in [1.54, 1.807) is 7.11 Å². The number of hydrogen-bond donors (Lipinski definition) is 0. The van der Waals surface area contributed by atoms with Gasteiger partial charge in [-0.05, 0) is 36.8 Å². The number of hydrogen-bond acceptors (Lipinski definition) is 2. The fraction of sp³-hybridized carbons (Fsp3) is 0.150. The van der Waals surface area contributed by atoms with Gasteiger partial charge in [0.2, 0.25) is 5.78 Å². The molecular formula is C20H19NO2. The highest BCUT2D eigenvalue weighted by Crippen LogP contribution is 2.17. The van der Waals surface area contributed by atoms with Crippen molar-refractivity contribution >= 4 is 5.78 Å². The predicted molar refractivity (Wildman–Crippen MR) is 91.1 cm³/mol. The first-order valence-corrected chi connectivity index (χ1v) is 7.57. The lowest BCUT2D eigenvalue weighted by Crippen LogP contribution is -2.10. The van der Waals surface area contributed by atoms with Crippen LogP contribution in [0.3, 0.4) is 0 Å². The molecule has 0 bridgehead atoms. The predicted octanol–water partition coefficient (Wildman–Crippen LogP) is 4.08. The number of benzene rings is 2. The molecule has 0 unspecified atom stereocenters. The van der Waals surface area contributed by atoms with Crippen LogP contribution in [0.2, 0.25) is 0 Å². The van der Waals surface area contributed by atoms with Crippen LogP contribution in [0, 0.1) is 6.92 Å². The highest BCUT2D eigenvalue weighted by Gasteiger charge is 2.13. The van der Waals surface area contributed by atoms with Gasteiger partial charge in [-0.3, -0.25) is 4.79 Å². The summed E-state index contributed by atoms with van der Waals surface area (Å²) in [6.45, 7) is 2.65. The monoisotopic (exact) mass is 305 g/mol. The summed E-state index contributed by atoms with van der Waals surface area (Å²) in [6, 6.07) is 19.3. The van der Waals surface area contributed by atoms with Crippen LogP contribution in [0.5, 0.6) is 5.75 Å². The Bertz CT molecular complexity index is 816. The van der Waals surface area contributed by atoms with Crippen LogP contribution in [-0.2, 0) is 6.54 Å². The molecule has 0 atom stereocenters. The summed E-state index contributed by atoms with van der Waals surface area (Å²) in [5, 5.41) is 0. The molecule has 0 radical (unpaired) electrons. The first-order valence-electron chi connectivity index (χ1n) is 7.57. The zero-order valence-corrected chi connectivity index (χ0v) is 13.3. The number of aromatic nitrogens is 1. The molecule has 0 aliphatic heterocycles. The van der Waals surface area contributed by atoms with E-state index in [0.29, 0.717) is 17.8 Å². The summed E-state index contributed by atoms with van der Waals surface area (Å²) in [7, 11) is 1.65. The van der Waals surface area contributed by atoms with Crippen LogP contribution >= 0.6 is 0 Å². The molecule has 0 N–H and O–H groups in total. The molecule has 0 saturated carbocycles. The van der Waals surface area contributed by atoms with Crippen LogP contribution in [-0.4, -0.2) is 17.5 Å². The SMILES string of the molecule is COc1cccc(Cn2cccc2C(=O)c2ccc(C)cc2)c1. The van der Waals surface area contributed by atoms with E-state index < -0.39 is 0 Å². The highest BCUT2D eigenvalue weighted by molar-refractivity contribution is 6.08. The van der Waals surface area contributed by atoms with Crippen molar-refractivity contribution in [2.75, 3.05) is 7.11 Å². The lowest BCUT2D eigenvalue weighted by Gasteiger charge is -2.10. The van der Waals surface area contributed by atoms with Gasteiger partial charge in [-0.2, -0.15) is 0 Å². The smallest absolute Gasteiger partial charge is 0.209 e. The molecule has 0 amide bonds. The van der Waals surface area contributed by atoms with Crippen molar-refractivity contribution in [3.05, 3.63) is 89.2 Å². The average Bonchev–Trinajstić information content (AvgIpc) is 3.03. The van der Waals surface area contributed by atoms with Gasteiger partial charge in [-0.25, -0.2) is 0 Å². The molecule has 0 spiro atoms. The fourth-order valence-electron chi connectivity index (χ4n) is 2.58. The van der Waals surface area contributed by atoms with Crippen molar-refractivity contribution in [1.29, 1.82) is 0 Å². The quantitative estimate of drug-likeness (QED) is 0.665. The molecule has 3 rings (SSSR count). The fourth-order valence-corrected chi connectivity index (χ4v) is 2.58. The molecule has 0 fully saturated rings. The summed E-state index contributed by atoms with van der Waals surface area (Å²) < 4.78 is 7.23. The van der Waals surface area contributed by atoms with E-state index in [-0.39, 0.29) is 5.78 Å². The molecule has 1 aromatic heterocycles. The molecule has 116 valence electrons. The van der Waals surface area contributed by atoms with E-state index in [9.17, 15) is 4.79 Å². The molecule has 3 aromatic rings. The minimum absolute atomic E-state index is 0.0397. The summed E-state index contributed by atoms with van der Waals surface area (Å²) in [4.78, 5) is 12.7. The van der Waals surface area contributed by atoms with Crippen molar-refractivity contribution in [1.82, 2.24) is 4.57 Å². The maximum Gasteiger partial charge on any atom is 0.209 e. The summed E-state index contributed by atoms with van der Waals surface area (Å²) in [6.07, 6.45) is 1.93. The maximum atomic E-state index is 12.7. The van der Waals surface area contributed by atoms with Crippen molar-refractivity contribution in [3.63, 3.8) is 0 Å². The van der Waals surface area contributed by atoms with Gasteiger partial charge in [-0.15, -0.1) is 0 Å². The Labute approximate surface area is 136 Å². The Hall–Kier alpha value is -2.81. The van der Waals surface area contributed by atoms with Crippen LogP contribution in [0.25, 0.3) is 0 Å². The van der Waals surface area contributed by atoms with Gasteiger partial charge in [0.1, 0.15) is 5.75 Å². The van der Waals surface area contributed by atoms with Gasteiger partial charge in [0.05, 0.1) is 12.8 Å². The van der Waals surface area contributed by atoms with Gasteiger partial charge in [0.25, 0.3) is 0 Å². The van der Waals surface area contributed by atoms with Gasteiger partial charge in [0.15, 0.2) is 0 Å². The van der Waals surface area contributed by atoms with E-state index in [2.05, 4.69) is 0 Å². The molecule has 23 heavy (non-hydrogen) atoms. The normalized spacial score (nSPS) is 10.5. The Morgan fingerprint density at radius 3 is 2.57 bits per heavy atom. The molecule has 0 aliphatic rings. The Morgan fingerprint density at radius 2 is 1.83 bits per heavy atom. The third-order valence-electron chi connectivity index (χ3n) is 3.86. The lowest BCUT2D eigenvalue weighted by atomic mass is 10.1. The summed E-state index contributed by atoms with van der Waals surface area (Å²) in [5.74, 6) is 0.860. The van der Waals surface area contributed by atoms with E-state index in [4.69, 9.17) is 4.74 Å². The number of ether oxygens (including phenoxy) is 1. The second-order valence-corrected chi connectivity index (χ2v) is 5.57. The van der Waals surface area contributed by atoms with E-state index in [1.807, 2.05) is 78.4 Å². The molecular weight excluding hydrogens is 286 g/mol. The Kier molecular flexibility index (Phi) is 4.29. The van der Waals surface area contributed by atoms with Crippen molar-refractivity contribution in [3.8, 4) is 5.75 Å². The van der Waals surface area contributed by atoms with E-state index in [1.165, 1.54) is 0 Å². The largest absolute Gasteiger partial charge is 0.497 e. The van der Waals surface area contributed by atoms with E-state index in [0.717, 1.165) is 16.9 Å². The Morgan fingerprint density at radius 1 is 1.04 bits per heavy atom. The van der Waals surface area contributed by atoms with Crippen LogP contribution in [0.1, 0.15) is 27.2 Å². The van der Waals surface area contributed by atoms with Crippen LogP contribution in [0.15, 0.2) is 66.9 Å². The van der Waals surface area contributed by atoms with Gasteiger partial charge >= 0.3 is 0 Å². The van der Waals surface area contributed by atoms with Gasteiger partial charge < -0.3 is 9.30 Å². The topological polar surface area (TPSA) is 31.2 Å². The summed E-state index contributed by atoms with van der Waals surface area (Å²) in [5.41, 5.74) is 3.64. The number of carbonyl (C=O) groups excluding carboxylic acids is 1. The molecule has 2 aromatic carbocycles. The number of ketones is 1. The third-order valence-corrected chi connectivity index (χ3v) is 3.86. The zero-order valence-electron chi connectivity index (χ0n) is 13.3. The van der Waals surface area contributed by atoms with Crippen molar-refractivity contribution in [2.24, 2.45) is 0 Å². The van der Waals surface area contributed by atoms with Crippen molar-refractivity contribution in [2.45, 2.75) is 13.5 Å². The minimum Gasteiger partial charge on any atom is -0.497 e. The maximum absolute atomic E-state index is 12.7. The molecule has 3 nitrogen and oxygen atoms in total. The lowest BCUT2D eigenvalue weighted by molar-refractivity contribution is 0.103. The average molecular weight is 305 g/mol. The number of rotatable bonds is 5. The molecule has 3 heteroatoms. The van der Waals surface area contributed by atoms with Crippen molar-refractivity contribution < 1.29 is 9.53 Å². The number of nitrogens with zero attached hydrogens (tertiary/aromatic N) is 1. The van der Waals surface area contributed by atoms with Crippen LogP contribution in [0.4, 0.5) is 0 Å².